The Bertz CT molecular complexity index is 538. The van der Waals surface area contributed by atoms with Crippen molar-refractivity contribution in [1.82, 2.24) is 0 Å². The standard InChI is InChI=1S/C14H12O3/c1-3-5-9-8-11(15)13-10(14(9)16)6-4-7-12(13)17-2/h3-4,6-8H,1,5H2,2H3. The molecule has 17 heavy (non-hydrogen) atoms. The predicted octanol–water partition coefficient (Wildman–Crippen LogP) is 2.58. The highest BCUT2D eigenvalue weighted by molar-refractivity contribution is 6.25. The fraction of sp³-hybridized carbons (Fsp3) is 0.143. The van der Waals surface area contributed by atoms with Crippen molar-refractivity contribution >= 4 is 11.6 Å². The van der Waals surface area contributed by atoms with Crippen LogP contribution in [-0.2, 0) is 0 Å². The largest absolute Gasteiger partial charge is 0.496 e. The van der Waals surface area contributed by atoms with Gasteiger partial charge in [-0.2, -0.15) is 0 Å². The third-order valence-corrected chi connectivity index (χ3v) is 2.70. The van der Waals surface area contributed by atoms with Crippen molar-refractivity contribution in [1.29, 1.82) is 0 Å². The van der Waals surface area contributed by atoms with Crippen LogP contribution < -0.4 is 4.74 Å². The van der Waals surface area contributed by atoms with Crippen LogP contribution in [0.2, 0.25) is 0 Å². The van der Waals surface area contributed by atoms with Gasteiger partial charge in [-0.25, -0.2) is 0 Å². The zero-order valence-corrected chi connectivity index (χ0v) is 9.53. The first-order chi connectivity index (χ1) is 8.19. The van der Waals surface area contributed by atoms with Crippen molar-refractivity contribution in [2.75, 3.05) is 7.11 Å². The zero-order valence-electron chi connectivity index (χ0n) is 9.53. The van der Waals surface area contributed by atoms with Gasteiger partial charge in [-0.15, -0.1) is 6.58 Å². The van der Waals surface area contributed by atoms with Crippen molar-refractivity contribution in [3.63, 3.8) is 0 Å². The first-order valence-electron chi connectivity index (χ1n) is 5.26. The van der Waals surface area contributed by atoms with Gasteiger partial charge in [-0.1, -0.05) is 18.2 Å². The molecule has 0 aliphatic heterocycles. The van der Waals surface area contributed by atoms with Gasteiger partial charge in [-0.05, 0) is 18.6 Å². The van der Waals surface area contributed by atoms with Crippen LogP contribution in [0.3, 0.4) is 0 Å². The number of carbonyl (C=O) groups is 2. The second-order valence-electron chi connectivity index (χ2n) is 3.74. The first-order valence-corrected chi connectivity index (χ1v) is 5.26. The lowest BCUT2D eigenvalue weighted by atomic mass is 9.87. The molecule has 0 fully saturated rings. The Morgan fingerprint density at radius 1 is 1.35 bits per heavy atom. The summed E-state index contributed by atoms with van der Waals surface area (Å²) in [6.45, 7) is 3.57. The van der Waals surface area contributed by atoms with Crippen molar-refractivity contribution < 1.29 is 14.3 Å². The number of hydrogen-bond acceptors (Lipinski definition) is 3. The lowest BCUT2D eigenvalue weighted by molar-refractivity contribution is 0.0980. The van der Waals surface area contributed by atoms with Gasteiger partial charge in [0, 0.05) is 11.1 Å². The number of ketones is 2. The summed E-state index contributed by atoms with van der Waals surface area (Å²) in [5, 5.41) is 0. The molecule has 0 saturated carbocycles. The molecule has 0 unspecified atom stereocenters. The lowest BCUT2D eigenvalue weighted by Crippen LogP contribution is -2.17. The normalized spacial score (nSPS) is 14.1. The number of methoxy groups -OCH3 is 1. The average molecular weight is 228 g/mol. The maximum Gasteiger partial charge on any atom is 0.190 e. The number of benzene rings is 1. The van der Waals surface area contributed by atoms with E-state index in [0.717, 1.165) is 0 Å². The number of Topliss-reactive ketones (excluding diaryl/α,β-unsaturated/α-hetero) is 1. The SMILES string of the molecule is C=CCC1=CC(=O)c2c(OC)cccc2C1=O. The van der Waals surface area contributed by atoms with Crippen LogP contribution in [0, 0.1) is 0 Å². The summed E-state index contributed by atoms with van der Waals surface area (Å²) in [5.74, 6) is 0.127. The second-order valence-corrected chi connectivity index (χ2v) is 3.74. The Labute approximate surface area is 99.4 Å². The summed E-state index contributed by atoms with van der Waals surface area (Å²) in [5.41, 5.74) is 1.24. The molecule has 1 aliphatic rings. The minimum Gasteiger partial charge on any atom is -0.496 e. The average Bonchev–Trinajstić information content (AvgIpc) is 2.35. The first kappa shape index (κ1) is 11.3. The molecule has 0 amide bonds. The van der Waals surface area contributed by atoms with E-state index in [1.165, 1.54) is 13.2 Å². The highest BCUT2D eigenvalue weighted by atomic mass is 16.5. The van der Waals surface area contributed by atoms with Crippen LogP contribution in [-0.4, -0.2) is 18.7 Å². The number of fused-ring (bicyclic) bond motifs is 1. The molecule has 1 aliphatic carbocycles. The number of ether oxygens (including phenoxy) is 1. The van der Waals surface area contributed by atoms with Gasteiger partial charge >= 0.3 is 0 Å². The van der Waals surface area contributed by atoms with E-state index in [-0.39, 0.29) is 11.6 Å². The Kier molecular flexibility index (Phi) is 2.91. The van der Waals surface area contributed by atoms with E-state index in [1.807, 2.05) is 0 Å². The Balaban J connectivity index is 2.59. The van der Waals surface area contributed by atoms with Crippen molar-refractivity contribution in [3.8, 4) is 5.75 Å². The number of rotatable bonds is 3. The summed E-state index contributed by atoms with van der Waals surface area (Å²) in [6.07, 6.45) is 3.39. The molecular weight excluding hydrogens is 216 g/mol. The molecule has 3 nitrogen and oxygen atoms in total. The molecule has 0 aromatic heterocycles. The topological polar surface area (TPSA) is 43.4 Å². The summed E-state index contributed by atoms with van der Waals surface area (Å²) in [7, 11) is 1.48. The zero-order chi connectivity index (χ0) is 12.4. The molecule has 2 rings (SSSR count). The molecular formula is C14H12O3. The van der Waals surface area contributed by atoms with E-state index in [2.05, 4.69) is 6.58 Å². The lowest BCUT2D eigenvalue weighted by Gasteiger charge is -2.16. The van der Waals surface area contributed by atoms with E-state index in [4.69, 9.17) is 4.74 Å². The van der Waals surface area contributed by atoms with Crippen LogP contribution in [0.15, 0.2) is 42.5 Å². The van der Waals surface area contributed by atoms with E-state index >= 15 is 0 Å². The van der Waals surface area contributed by atoms with Gasteiger partial charge < -0.3 is 4.74 Å². The highest BCUT2D eigenvalue weighted by Crippen LogP contribution is 2.29. The van der Waals surface area contributed by atoms with Gasteiger partial charge in [-0.3, -0.25) is 9.59 Å². The fourth-order valence-corrected chi connectivity index (χ4v) is 1.92. The van der Waals surface area contributed by atoms with Crippen molar-refractivity contribution in [2.45, 2.75) is 6.42 Å². The Morgan fingerprint density at radius 2 is 2.12 bits per heavy atom. The molecule has 0 radical (unpaired) electrons. The van der Waals surface area contributed by atoms with E-state index in [1.54, 1.807) is 24.3 Å². The number of carbonyl (C=O) groups excluding carboxylic acids is 2. The molecule has 1 aromatic carbocycles. The second kappa shape index (κ2) is 4.37. The monoisotopic (exact) mass is 228 g/mol. The molecule has 1 aromatic rings. The Hall–Kier alpha value is -2.16. The minimum absolute atomic E-state index is 0.126. The smallest absolute Gasteiger partial charge is 0.190 e. The van der Waals surface area contributed by atoms with Gasteiger partial charge in [0.1, 0.15) is 5.75 Å². The Morgan fingerprint density at radius 3 is 2.76 bits per heavy atom. The molecule has 86 valence electrons. The van der Waals surface area contributed by atoms with E-state index in [0.29, 0.717) is 28.9 Å². The number of hydrogen-bond donors (Lipinski definition) is 0. The van der Waals surface area contributed by atoms with Crippen LogP contribution in [0.25, 0.3) is 0 Å². The molecule has 0 saturated heterocycles. The summed E-state index contributed by atoms with van der Waals surface area (Å²) in [6, 6.07) is 5.03. The van der Waals surface area contributed by atoms with Crippen LogP contribution >= 0.6 is 0 Å². The molecule has 0 atom stereocenters. The predicted molar refractivity (Wildman–Crippen MR) is 64.6 cm³/mol. The van der Waals surface area contributed by atoms with Gasteiger partial charge in [0.25, 0.3) is 0 Å². The van der Waals surface area contributed by atoms with Crippen LogP contribution in [0.5, 0.6) is 5.75 Å². The maximum absolute atomic E-state index is 12.1. The summed E-state index contributed by atoms with van der Waals surface area (Å²) in [4.78, 5) is 24.0. The van der Waals surface area contributed by atoms with Crippen LogP contribution in [0.1, 0.15) is 27.1 Å². The van der Waals surface area contributed by atoms with E-state index < -0.39 is 0 Å². The quantitative estimate of drug-likeness (QED) is 0.747. The minimum atomic E-state index is -0.186. The summed E-state index contributed by atoms with van der Waals surface area (Å²) >= 11 is 0. The molecule has 3 heteroatoms. The molecule has 0 bridgehead atoms. The molecule has 0 N–H and O–H groups in total. The van der Waals surface area contributed by atoms with Gasteiger partial charge in [0.15, 0.2) is 11.6 Å². The maximum atomic E-state index is 12.1. The van der Waals surface area contributed by atoms with Gasteiger partial charge in [0.05, 0.1) is 12.7 Å². The molecule has 0 spiro atoms. The van der Waals surface area contributed by atoms with Crippen molar-refractivity contribution in [2.24, 2.45) is 0 Å². The van der Waals surface area contributed by atoms with Crippen molar-refractivity contribution in [3.05, 3.63) is 53.6 Å². The molecule has 0 heterocycles. The third kappa shape index (κ3) is 1.80. The summed E-state index contributed by atoms with van der Waals surface area (Å²) < 4.78 is 5.10. The van der Waals surface area contributed by atoms with E-state index in [9.17, 15) is 9.59 Å². The van der Waals surface area contributed by atoms with Crippen LogP contribution in [0.4, 0.5) is 0 Å². The highest BCUT2D eigenvalue weighted by Gasteiger charge is 2.27. The third-order valence-electron chi connectivity index (χ3n) is 2.70. The fourth-order valence-electron chi connectivity index (χ4n) is 1.92. The van der Waals surface area contributed by atoms with Gasteiger partial charge in [0.2, 0.25) is 0 Å². The number of allylic oxidation sites excluding steroid dienone is 3.